The Balaban J connectivity index is 2.10. The summed E-state index contributed by atoms with van der Waals surface area (Å²) in [6.45, 7) is 6.74. The van der Waals surface area contributed by atoms with Crippen LogP contribution in [0.15, 0.2) is 0 Å². The van der Waals surface area contributed by atoms with Gasteiger partial charge in [0.05, 0.1) is 0 Å². The van der Waals surface area contributed by atoms with E-state index >= 15 is 0 Å². The molecule has 0 spiro atoms. The summed E-state index contributed by atoms with van der Waals surface area (Å²) >= 11 is 0. The molecule has 3 unspecified atom stereocenters. The minimum Gasteiger partial charge on any atom is -0.299 e. The maximum Gasteiger partial charge on any atom is 0.135 e. The van der Waals surface area contributed by atoms with Crippen molar-refractivity contribution in [1.29, 1.82) is 0 Å². The van der Waals surface area contributed by atoms with Crippen molar-refractivity contribution in [2.24, 2.45) is 23.2 Å². The molecule has 0 aliphatic heterocycles. The number of hydrogen-bond acceptors (Lipinski definition) is 1. The first-order chi connectivity index (χ1) is 6.52. The number of ketones is 1. The zero-order valence-corrected chi connectivity index (χ0v) is 9.68. The summed E-state index contributed by atoms with van der Waals surface area (Å²) in [5.74, 6) is 2.52. The van der Waals surface area contributed by atoms with Crippen molar-refractivity contribution in [3.05, 3.63) is 0 Å². The third-order valence-electron chi connectivity index (χ3n) is 4.21. The fourth-order valence-electron chi connectivity index (χ4n) is 3.86. The second kappa shape index (κ2) is 3.36. The Bertz CT molecular complexity index is 242. The minimum atomic E-state index is 0.423. The number of carbonyl (C=O) groups excluding carboxylic acids is 1. The van der Waals surface area contributed by atoms with Crippen LogP contribution in [-0.4, -0.2) is 5.78 Å². The normalized spacial score (nSPS) is 39.8. The van der Waals surface area contributed by atoms with E-state index in [1.807, 2.05) is 6.92 Å². The monoisotopic (exact) mass is 194 g/mol. The summed E-state index contributed by atoms with van der Waals surface area (Å²) in [6, 6.07) is 0. The largest absolute Gasteiger partial charge is 0.299 e. The van der Waals surface area contributed by atoms with Crippen LogP contribution in [-0.2, 0) is 4.79 Å². The van der Waals surface area contributed by atoms with E-state index in [-0.39, 0.29) is 0 Å². The number of Topliss-reactive ketones (excluding diaryl/α,β-unsaturated/α-hetero) is 1. The molecule has 2 bridgehead atoms. The van der Waals surface area contributed by atoms with E-state index in [4.69, 9.17) is 0 Å². The lowest BCUT2D eigenvalue weighted by atomic mass is 9.70. The van der Waals surface area contributed by atoms with Crippen molar-refractivity contribution in [3.8, 4) is 0 Å². The van der Waals surface area contributed by atoms with Gasteiger partial charge in [0.1, 0.15) is 5.78 Å². The maximum absolute atomic E-state index is 11.8. The summed E-state index contributed by atoms with van der Waals surface area (Å²) in [4.78, 5) is 11.8. The predicted octanol–water partition coefficient (Wildman–Crippen LogP) is 3.43. The van der Waals surface area contributed by atoms with Crippen molar-refractivity contribution in [2.75, 3.05) is 0 Å². The standard InChI is InChI=1S/C13H22O/c1-4-12(14)11-6-9-5-10(11)8-13(2,3)7-9/h9-11H,4-8H2,1-3H3. The lowest BCUT2D eigenvalue weighted by molar-refractivity contribution is -0.123. The molecule has 2 aliphatic rings. The fourth-order valence-corrected chi connectivity index (χ4v) is 3.86. The van der Waals surface area contributed by atoms with Gasteiger partial charge >= 0.3 is 0 Å². The molecule has 2 saturated carbocycles. The Labute approximate surface area is 87.3 Å². The van der Waals surface area contributed by atoms with Gasteiger partial charge in [-0.25, -0.2) is 0 Å². The van der Waals surface area contributed by atoms with E-state index in [1.54, 1.807) is 0 Å². The topological polar surface area (TPSA) is 17.1 Å². The smallest absolute Gasteiger partial charge is 0.135 e. The lowest BCUT2D eigenvalue weighted by Gasteiger charge is -2.35. The zero-order chi connectivity index (χ0) is 10.3. The maximum atomic E-state index is 11.8. The van der Waals surface area contributed by atoms with Gasteiger partial charge < -0.3 is 0 Å². The first kappa shape index (κ1) is 10.2. The molecule has 0 heterocycles. The molecular formula is C13H22O. The summed E-state index contributed by atoms with van der Waals surface area (Å²) in [5.41, 5.74) is 0.496. The highest BCUT2D eigenvalue weighted by atomic mass is 16.1. The molecule has 80 valence electrons. The Morgan fingerprint density at radius 3 is 2.64 bits per heavy atom. The third-order valence-corrected chi connectivity index (χ3v) is 4.21. The van der Waals surface area contributed by atoms with Crippen LogP contribution in [0.1, 0.15) is 52.9 Å². The van der Waals surface area contributed by atoms with Gasteiger partial charge in [-0.2, -0.15) is 0 Å². The first-order valence-electron chi connectivity index (χ1n) is 6.04. The average Bonchev–Trinajstić information content (AvgIpc) is 2.39. The second-order valence-corrected chi connectivity index (χ2v) is 6.10. The Kier molecular flexibility index (Phi) is 2.45. The van der Waals surface area contributed by atoms with Gasteiger partial charge in [0, 0.05) is 12.3 Å². The zero-order valence-electron chi connectivity index (χ0n) is 9.68. The van der Waals surface area contributed by atoms with E-state index in [0.717, 1.165) is 18.3 Å². The molecule has 1 heteroatoms. The second-order valence-electron chi connectivity index (χ2n) is 6.10. The van der Waals surface area contributed by atoms with Crippen LogP contribution < -0.4 is 0 Å². The van der Waals surface area contributed by atoms with Crippen molar-refractivity contribution in [3.63, 3.8) is 0 Å². The fraction of sp³-hybridized carbons (Fsp3) is 0.923. The van der Waals surface area contributed by atoms with Crippen molar-refractivity contribution >= 4 is 5.78 Å². The number of fused-ring (bicyclic) bond motifs is 2. The van der Waals surface area contributed by atoms with Gasteiger partial charge in [-0.3, -0.25) is 4.79 Å². The van der Waals surface area contributed by atoms with Gasteiger partial charge in [-0.15, -0.1) is 0 Å². The van der Waals surface area contributed by atoms with E-state index < -0.39 is 0 Å². The molecule has 0 N–H and O–H groups in total. The molecular weight excluding hydrogens is 172 g/mol. The van der Waals surface area contributed by atoms with Crippen LogP contribution in [0.4, 0.5) is 0 Å². The molecule has 0 saturated heterocycles. The average molecular weight is 194 g/mol. The Hall–Kier alpha value is -0.330. The highest BCUT2D eigenvalue weighted by Crippen LogP contribution is 2.53. The third kappa shape index (κ3) is 1.74. The first-order valence-corrected chi connectivity index (χ1v) is 6.04. The van der Waals surface area contributed by atoms with Crippen molar-refractivity contribution < 1.29 is 4.79 Å². The van der Waals surface area contributed by atoms with Gasteiger partial charge in [-0.05, 0) is 42.9 Å². The molecule has 2 rings (SSSR count). The minimum absolute atomic E-state index is 0.423. The molecule has 14 heavy (non-hydrogen) atoms. The Morgan fingerprint density at radius 1 is 1.29 bits per heavy atom. The van der Waals surface area contributed by atoms with Crippen LogP contribution in [0.3, 0.4) is 0 Å². The molecule has 0 aromatic rings. The molecule has 0 aromatic heterocycles. The highest BCUT2D eigenvalue weighted by Gasteiger charge is 2.45. The van der Waals surface area contributed by atoms with Crippen LogP contribution in [0.25, 0.3) is 0 Å². The lowest BCUT2D eigenvalue weighted by Crippen LogP contribution is -2.26. The van der Waals surface area contributed by atoms with Crippen LogP contribution in [0.5, 0.6) is 0 Å². The SMILES string of the molecule is CCC(=O)C1CC2CC1CC(C)(C)C2. The molecule has 0 amide bonds. The van der Waals surface area contributed by atoms with Gasteiger partial charge in [-0.1, -0.05) is 20.8 Å². The number of rotatable bonds is 2. The summed E-state index contributed by atoms with van der Waals surface area (Å²) in [6.07, 6.45) is 5.89. The van der Waals surface area contributed by atoms with E-state index in [0.29, 0.717) is 17.1 Å². The quantitative estimate of drug-likeness (QED) is 0.658. The van der Waals surface area contributed by atoms with Crippen molar-refractivity contribution in [1.82, 2.24) is 0 Å². The predicted molar refractivity (Wildman–Crippen MR) is 58.0 cm³/mol. The molecule has 3 atom stereocenters. The molecule has 1 nitrogen and oxygen atoms in total. The number of carbonyl (C=O) groups is 1. The van der Waals surface area contributed by atoms with Gasteiger partial charge in [0.25, 0.3) is 0 Å². The highest BCUT2D eigenvalue weighted by molar-refractivity contribution is 5.81. The van der Waals surface area contributed by atoms with E-state index in [2.05, 4.69) is 13.8 Å². The van der Waals surface area contributed by atoms with Crippen molar-refractivity contribution in [2.45, 2.75) is 52.9 Å². The van der Waals surface area contributed by atoms with E-state index in [9.17, 15) is 4.79 Å². The van der Waals surface area contributed by atoms with Crippen LogP contribution in [0, 0.1) is 23.2 Å². The van der Waals surface area contributed by atoms with Gasteiger partial charge in [0.15, 0.2) is 0 Å². The molecule has 2 fully saturated rings. The molecule has 2 aliphatic carbocycles. The Morgan fingerprint density at radius 2 is 2.00 bits per heavy atom. The molecule has 0 radical (unpaired) electrons. The van der Waals surface area contributed by atoms with Crippen LogP contribution >= 0.6 is 0 Å². The van der Waals surface area contributed by atoms with E-state index in [1.165, 1.54) is 25.7 Å². The summed E-state index contributed by atoms with van der Waals surface area (Å²) in [7, 11) is 0. The summed E-state index contributed by atoms with van der Waals surface area (Å²) < 4.78 is 0. The van der Waals surface area contributed by atoms with Crippen LogP contribution in [0.2, 0.25) is 0 Å². The van der Waals surface area contributed by atoms with Gasteiger partial charge in [0.2, 0.25) is 0 Å². The number of hydrogen-bond donors (Lipinski definition) is 0. The summed E-state index contributed by atoms with van der Waals surface area (Å²) in [5, 5.41) is 0. The molecule has 0 aromatic carbocycles.